The zero-order valence-electron chi connectivity index (χ0n) is 25.5. The summed E-state index contributed by atoms with van der Waals surface area (Å²) < 4.78 is 19.8. The van der Waals surface area contributed by atoms with Crippen molar-refractivity contribution in [2.24, 2.45) is 45.8 Å². The van der Waals surface area contributed by atoms with Gasteiger partial charge < -0.3 is 24.1 Å². The summed E-state index contributed by atoms with van der Waals surface area (Å²) >= 11 is 0. The minimum Gasteiger partial charge on any atom is -0.452 e. The molecule has 1 N–H and O–H groups in total. The molecular formula is C37H44O6. The predicted molar refractivity (Wildman–Crippen MR) is 162 cm³/mol. The van der Waals surface area contributed by atoms with Gasteiger partial charge in [-0.1, -0.05) is 99.5 Å². The smallest absolute Gasteiger partial charge is 0.318 e. The van der Waals surface area contributed by atoms with Crippen LogP contribution in [0.4, 0.5) is 0 Å². The zero-order chi connectivity index (χ0) is 30.0. The summed E-state index contributed by atoms with van der Waals surface area (Å²) in [5.74, 6) is 0.581. The molecule has 4 fully saturated rings. The number of aliphatic hydroxyl groups excluding tert-OH is 1. The van der Waals surface area contributed by atoms with Crippen LogP contribution < -0.4 is 0 Å². The van der Waals surface area contributed by atoms with E-state index in [0.717, 1.165) is 35.8 Å². The summed E-state index contributed by atoms with van der Waals surface area (Å²) in [5.41, 5.74) is 0.0402. The highest BCUT2D eigenvalue weighted by atomic mass is 16.7. The molecule has 3 saturated carbocycles. The number of carbonyl (C=O) groups is 2. The SMILES string of the molecule is CC(C)C1=CC2CC3(C4OCCO4)[C@@H]4CC[C@@H](C)[C@H]4CC2([C@H](O)CC=O)C13C(=O)OC(c1ccccc1)c1ccccc1. The van der Waals surface area contributed by atoms with Gasteiger partial charge in [0.2, 0.25) is 0 Å². The van der Waals surface area contributed by atoms with E-state index in [9.17, 15) is 9.90 Å². The number of carbonyl (C=O) groups excluding carboxylic acids is 2. The summed E-state index contributed by atoms with van der Waals surface area (Å²) in [5, 5.41) is 12.2. The van der Waals surface area contributed by atoms with Gasteiger partial charge in [0, 0.05) is 17.3 Å². The summed E-state index contributed by atoms with van der Waals surface area (Å²) in [6.45, 7) is 7.56. The Kier molecular flexibility index (Phi) is 7.19. The van der Waals surface area contributed by atoms with Crippen molar-refractivity contribution in [3.05, 3.63) is 83.4 Å². The van der Waals surface area contributed by atoms with Crippen LogP contribution in [0.15, 0.2) is 72.3 Å². The van der Waals surface area contributed by atoms with Gasteiger partial charge in [0.25, 0.3) is 0 Å². The standard InChI is InChI=1S/C37H44O6/c1-23(2)30-20-27-21-36(34-41-18-19-42-34)29-15-14-24(3)28(29)22-35(27,31(39)16-17-38)37(30,36)33(40)43-32(25-10-6-4-7-11-25)26-12-8-5-9-13-26/h4-13,17,20,23-24,27-29,31-32,34,39H,14-16,18-19,21-22H2,1-3H3/t24-,27?,28-,29-,31-,35?,36?,37?/m1/s1. The van der Waals surface area contributed by atoms with E-state index in [1.54, 1.807) is 0 Å². The fourth-order valence-corrected chi connectivity index (χ4v) is 10.8. The second-order valence-electron chi connectivity index (χ2n) is 14.0. The maximum Gasteiger partial charge on any atom is 0.318 e. The zero-order valence-corrected chi connectivity index (χ0v) is 25.5. The molecule has 4 aliphatic carbocycles. The fraction of sp³-hybridized carbons (Fsp3) is 0.568. The molecule has 7 rings (SSSR count). The van der Waals surface area contributed by atoms with Crippen molar-refractivity contribution in [2.75, 3.05) is 13.2 Å². The Bertz CT molecular complexity index is 1340. The predicted octanol–water partition coefficient (Wildman–Crippen LogP) is 6.28. The minimum atomic E-state index is -1.19. The fourth-order valence-electron chi connectivity index (χ4n) is 10.8. The summed E-state index contributed by atoms with van der Waals surface area (Å²) in [7, 11) is 0. The van der Waals surface area contributed by atoms with Gasteiger partial charge in [-0.2, -0.15) is 0 Å². The van der Waals surface area contributed by atoms with Crippen molar-refractivity contribution in [1.82, 2.24) is 0 Å². The van der Waals surface area contributed by atoms with E-state index in [4.69, 9.17) is 14.2 Å². The van der Waals surface area contributed by atoms with Crippen LogP contribution in [0, 0.1) is 45.8 Å². The first kappa shape index (κ1) is 28.9. The molecule has 6 heteroatoms. The lowest BCUT2D eigenvalue weighted by Crippen LogP contribution is -2.68. The second kappa shape index (κ2) is 10.7. The molecule has 4 unspecified atom stereocenters. The van der Waals surface area contributed by atoms with Gasteiger partial charge in [0.1, 0.15) is 11.7 Å². The molecule has 2 aromatic carbocycles. The third kappa shape index (κ3) is 3.75. The average molecular weight is 585 g/mol. The Hall–Kier alpha value is -2.80. The number of hydrogen-bond donors (Lipinski definition) is 1. The molecule has 0 aromatic heterocycles. The number of ether oxygens (including phenoxy) is 3. The van der Waals surface area contributed by atoms with Crippen LogP contribution in [0.1, 0.15) is 70.1 Å². The van der Waals surface area contributed by atoms with Gasteiger partial charge in [-0.15, -0.1) is 0 Å². The van der Waals surface area contributed by atoms with Crippen LogP contribution in [0.2, 0.25) is 0 Å². The quantitative estimate of drug-likeness (QED) is 0.212. The number of rotatable bonds is 9. The number of benzene rings is 2. The van der Waals surface area contributed by atoms with E-state index < -0.39 is 34.7 Å². The molecule has 0 radical (unpaired) electrons. The first-order valence-electron chi connectivity index (χ1n) is 16.2. The highest BCUT2D eigenvalue weighted by Gasteiger charge is 2.87. The van der Waals surface area contributed by atoms with E-state index in [1.165, 1.54) is 0 Å². The minimum absolute atomic E-state index is 0.0141. The first-order chi connectivity index (χ1) is 20.8. The summed E-state index contributed by atoms with van der Waals surface area (Å²) in [6.07, 6.45) is 4.33. The Balaban J connectivity index is 1.47. The van der Waals surface area contributed by atoms with Crippen LogP contribution >= 0.6 is 0 Å². The van der Waals surface area contributed by atoms with Crippen molar-refractivity contribution in [2.45, 2.75) is 71.4 Å². The van der Waals surface area contributed by atoms with Crippen molar-refractivity contribution < 1.29 is 28.9 Å². The number of hydrogen-bond acceptors (Lipinski definition) is 6. The maximum absolute atomic E-state index is 15.7. The number of allylic oxidation sites excluding steroid dienone is 1. The second-order valence-corrected chi connectivity index (χ2v) is 14.0. The van der Waals surface area contributed by atoms with Gasteiger partial charge in [-0.05, 0) is 60.0 Å². The van der Waals surface area contributed by atoms with E-state index in [0.29, 0.717) is 37.9 Å². The third-order valence-corrected chi connectivity index (χ3v) is 12.2. The van der Waals surface area contributed by atoms with Gasteiger partial charge in [0.15, 0.2) is 12.4 Å². The largest absolute Gasteiger partial charge is 0.452 e. The summed E-state index contributed by atoms with van der Waals surface area (Å²) in [4.78, 5) is 27.8. The molecule has 43 heavy (non-hydrogen) atoms. The Labute approximate surface area is 254 Å². The molecule has 4 bridgehead atoms. The van der Waals surface area contributed by atoms with Gasteiger partial charge in [-0.3, -0.25) is 4.79 Å². The van der Waals surface area contributed by atoms with Gasteiger partial charge >= 0.3 is 5.97 Å². The molecule has 0 spiro atoms. The van der Waals surface area contributed by atoms with E-state index in [-0.39, 0.29) is 30.1 Å². The Morgan fingerprint density at radius 3 is 2.21 bits per heavy atom. The molecular weight excluding hydrogens is 540 g/mol. The van der Waals surface area contributed by atoms with Crippen molar-refractivity contribution in [3.8, 4) is 0 Å². The lowest BCUT2D eigenvalue weighted by Gasteiger charge is -2.63. The van der Waals surface area contributed by atoms with Crippen molar-refractivity contribution >= 4 is 12.3 Å². The normalized spacial score (nSPS) is 37.0. The highest BCUT2D eigenvalue weighted by Crippen LogP contribution is 2.85. The maximum atomic E-state index is 15.7. The van der Waals surface area contributed by atoms with Crippen LogP contribution in [-0.2, 0) is 23.8 Å². The topological polar surface area (TPSA) is 82.1 Å². The lowest BCUT2D eigenvalue weighted by atomic mass is 9.41. The Morgan fingerprint density at radius 2 is 1.63 bits per heavy atom. The van der Waals surface area contributed by atoms with E-state index >= 15 is 4.79 Å². The van der Waals surface area contributed by atoms with Crippen LogP contribution in [0.25, 0.3) is 0 Å². The first-order valence-corrected chi connectivity index (χ1v) is 16.2. The Morgan fingerprint density at radius 1 is 1.00 bits per heavy atom. The number of esters is 1. The molecule has 228 valence electrons. The van der Waals surface area contributed by atoms with Crippen LogP contribution in [0.3, 0.4) is 0 Å². The van der Waals surface area contributed by atoms with Crippen LogP contribution in [0.5, 0.6) is 0 Å². The molecule has 6 nitrogen and oxygen atoms in total. The molecule has 0 amide bonds. The monoisotopic (exact) mass is 584 g/mol. The molecule has 1 heterocycles. The van der Waals surface area contributed by atoms with Gasteiger partial charge in [-0.25, -0.2) is 0 Å². The number of aldehydes is 1. The third-order valence-electron chi connectivity index (χ3n) is 12.2. The van der Waals surface area contributed by atoms with Crippen molar-refractivity contribution in [3.63, 3.8) is 0 Å². The van der Waals surface area contributed by atoms with Crippen LogP contribution in [-0.4, -0.2) is 43.0 Å². The number of fused-ring (bicyclic) bond motifs is 2. The average Bonchev–Trinajstić information content (AvgIpc) is 3.79. The molecule has 1 saturated heterocycles. The molecule has 1 aliphatic heterocycles. The summed E-state index contributed by atoms with van der Waals surface area (Å²) in [6, 6.07) is 19.8. The van der Waals surface area contributed by atoms with Crippen molar-refractivity contribution in [1.29, 1.82) is 0 Å². The van der Waals surface area contributed by atoms with E-state index in [2.05, 4.69) is 26.8 Å². The highest BCUT2D eigenvalue weighted by molar-refractivity contribution is 5.87. The van der Waals surface area contributed by atoms with Gasteiger partial charge in [0.05, 0.1) is 19.3 Å². The molecule has 5 aliphatic rings. The molecule has 8 atom stereocenters. The lowest BCUT2D eigenvalue weighted by molar-refractivity contribution is -0.254. The molecule has 2 aromatic rings. The van der Waals surface area contributed by atoms with E-state index in [1.807, 2.05) is 60.7 Å². The number of aliphatic hydroxyl groups is 1.